The third kappa shape index (κ3) is 5.31. The normalized spacial score (nSPS) is 14.6. The van der Waals surface area contributed by atoms with Gasteiger partial charge in [-0.1, -0.05) is 0 Å². The van der Waals surface area contributed by atoms with Gasteiger partial charge in [0, 0.05) is 50.5 Å². The molecule has 1 aromatic heterocycles. The van der Waals surface area contributed by atoms with Crippen molar-refractivity contribution < 1.29 is 14.0 Å². The summed E-state index contributed by atoms with van der Waals surface area (Å²) in [5.41, 5.74) is 2.94. The maximum absolute atomic E-state index is 13.0. The maximum Gasteiger partial charge on any atom is 0.321 e. The summed E-state index contributed by atoms with van der Waals surface area (Å²) in [6.45, 7) is 7.16. The number of nitrogens with one attached hydrogen (secondary N) is 2. The van der Waals surface area contributed by atoms with Crippen LogP contribution in [0.5, 0.6) is 0 Å². The standard InChI is InChI=1S/C24H29FN6O2/c1-16(2)26-23(32)17-4-9-21-20(14-17)28-22(29(21)3)15-30-10-12-31(13-11-30)24(33)27-19-7-5-18(25)6-8-19/h4-9,14,16H,10-13,15H2,1-3H3,(H,26,32)(H,27,33). The van der Waals surface area contributed by atoms with Gasteiger partial charge in [-0.2, -0.15) is 0 Å². The van der Waals surface area contributed by atoms with Gasteiger partial charge in [-0.05, 0) is 56.3 Å². The summed E-state index contributed by atoms with van der Waals surface area (Å²) in [5.74, 6) is 0.475. The number of rotatable bonds is 5. The number of anilines is 1. The minimum Gasteiger partial charge on any atom is -0.350 e. The number of aromatic nitrogens is 2. The second kappa shape index (κ2) is 9.58. The van der Waals surface area contributed by atoms with Gasteiger partial charge < -0.3 is 20.1 Å². The summed E-state index contributed by atoms with van der Waals surface area (Å²) in [6.07, 6.45) is 0. The van der Waals surface area contributed by atoms with Crippen LogP contribution in [0.3, 0.4) is 0 Å². The lowest BCUT2D eigenvalue weighted by Crippen LogP contribution is -2.49. The van der Waals surface area contributed by atoms with E-state index in [-0.39, 0.29) is 23.8 Å². The molecule has 174 valence electrons. The third-order valence-electron chi connectivity index (χ3n) is 5.78. The molecule has 2 heterocycles. The van der Waals surface area contributed by atoms with Gasteiger partial charge in [0.05, 0.1) is 17.6 Å². The first-order chi connectivity index (χ1) is 15.8. The molecule has 0 spiro atoms. The fraction of sp³-hybridized carbons (Fsp3) is 0.375. The zero-order valence-corrected chi connectivity index (χ0v) is 19.1. The molecule has 1 aliphatic rings. The number of imidazole rings is 1. The van der Waals surface area contributed by atoms with Crippen molar-refractivity contribution in [3.05, 3.63) is 59.7 Å². The van der Waals surface area contributed by atoms with Gasteiger partial charge in [0.15, 0.2) is 0 Å². The predicted molar refractivity (Wildman–Crippen MR) is 126 cm³/mol. The fourth-order valence-electron chi connectivity index (χ4n) is 3.92. The molecule has 0 atom stereocenters. The van der Waals surface area contributed by atoms with Gasteiger partial charge in [-0.3, -0.25) is 9.69 Å². The Balaban J connectivity index is 1.36. The van der Waals surface area contributed by atoms with Crippen molar-refractivity contribution in [2.75, 3.05) is 31.5 Å². The molecule has 3 aromatic rings. The molecule has 0 unspecified atom stereocenters. The zero-order chi connectivity index (χ0) is 23.5. The van der Waals surface area contributed by atoms with Gasteiger partial charge in [-0.15, -0.1) is 0 Å². The predicted octanol–water partition coefficient (Wildman–Crippen LogP) is 3.20. The molecule has 8 nitrogen and oxygen atoms in total. The number of benzene rings is 2. The molecular weight excluding hydrogens is 423 g/mol. The van der Waals surface area contributed by atoms with Crippen LogP contribution in [0.25, 0.3) is 11.0 Å². The minimum atomic E-state index is -0.335. The lowest BCUT2D eigenvalue weighted by molar-refractivity contribution is 0.0943. The first kappa shape index (κ1) is 22.7. The van der Waals surface area contributed by atoms with E-state index in [4.69, 9.17) is 4.98 Å². The Hall–Kier alpha value is -3.46. The van der Waals surface area contributed by atoms with E-state index in [0.717, 1.165) is 29.9 Å². The van der Waals surface area contributed by atoms with E-state index in [1.165, 1.54) is 12.1 Å². The molecule has 0 aliphatic carbocycles. The van der Waals surface area contributed by atoms with Crippen LogP contribution in [-0.4, -0.2) is 63.5 Å². The molecule has 0 saturated carbocycles. The molecular formula is C24H29FN6O2. The second-order valence-electron chi connectivity index (χ2n) is 8.62. The highest BCUT2D eigenvalue weighted by Gasteiger charge is 2.23. The zero-order valence-electron chi connectivity index (χ0n) is 19.1. The quantitative estimate of drug-likeness (QED) is 0.623. The topological polar surface area (TPSA) is 82.5 Å². The molecule has 33 heavy (non-hydrogen) atoms. The molecule has 2 aromatic carbocycles. The number of carbonyl (C=O) groups is 2. The van der Waals surface area contributed by atoms with Crippen LogP contribution >= 0.6 is 0 Å². The van der Waals surface area contributed by atoms with E-state index in [1.807, 2.05) is 43.7 Å². The number of hydrogen-bond acceptors (Lipinski definition) is 4. The molecule has 4 rings (SSSR count). The average Bonchev–Trinajstić information content (AvgIpc) is 3.10. The van der Waals surface area contributed by atoms with Gasteiger partial charge in [-0.25, -0.2) is 14.2 Å². The summed E-state index contributed by atoms with van der Waals surface area (Å²) < 4.78 is 15.1. The highest BCUT2D eigenvalue weighted by Crippen LogP contribution is 2.19. The van der Waals surface area contributed by atoms with Crippen LogP contribution in [0.2, 0.25) is 0 Å². The van der Waals surface area contributed by atoms with Gasteiger partial charge >= 0.3 is 6.03 Å². The van der Waals surface area contributed by atoms with Crippen LogP contribution in [0.15, 0.2) is 42.5 Å². The number of nitrogens with zero attached hydrogens (tertiary/aromatic N) is 4. The van der Waals surface area contributed by atoms with Gasteiger partial charge in [0.25, 0.3) is 5.91 Å². The van der Waals surface area contributed by atoms with Crippen molar-refractivity contribution in [3.8, 4) is 0 Å². The summed E-state index contributed by atoms with van der Waals surface area (Å²) >= 11 is 0. The molecule has 3 amide bonds. The smallest absolute Gasteiger partial charge is 0.321 e. The number of urea groups is 1. The van der Waals surface area contributed by atoms with Crippen LogP contribution in [0.1, 0.15) is 30.0 Å². The van der Waals surface area contributed by atoms with Crippen molar-refractivity contribution >= 4 is 28.7 Å². The SMILES string of the molecule is CC(C)NC(=O)c1ccc2c(c1)nc(CN1CCN(C(=O)Nc3ccc(F)cc3)CC1)n2C. The fourth-order valence-corrected chi connectivity index (χ4v) is 3.92. The molecule has 1 saturated heterocycles. The second-order valence-corrected chi connectivity index (χ2v) is 8.62. The van der Waals surface area contributed by atoms with Crippen molar-refractivity contribution in [2.45, 2.75) is 26.4 Å². The monoisotopic (exact) mass is 452 g/mol. The lowest BCUT2D eigenvalue weighted by atomic mass is 10.2. The highest BCUT2D eigenvalue weighted by atomic mass is 19.1. The van der Waals surface area contributed by atoms with Crippen molar-refractivity contribution in [3.63, 3.8) is 0 Å². The molecule has 1 fully saturated rings. The van der Waals surface area contributed by atoms with E-state index < -0.39 is 0 Å². The maximum atomic E-state index is 13.0. The van der Waals surface area contributed by atoms with Crippen molar-refractivity contribution in [1.29, 1.82) is 0 Å². The number of halogens is 1. The summed E-state index contributed by atoms with van der Waals surface area (Å²) in [5, 5.41) is 5.71. The molecule has 0 radical (unpaired) electrons. The summed E-state index contributed by atoms with van der Waals surface area (Å²) in [4.78, 5) is 33.6. The van der Waals surface area contributed by atoms with Gasteiger partial charge in [0.1, 0.15) is 11.6 Å². The Labute approximate surface area is 192 Å². The summed E-state index contributed by atoms with van der Waals surface area (Å²) in [7, 11) is 1.98. The van der Waals surface area contributed by atoms with Crippen LogP contribution in [-0.2, 0) is 13.6 Å². The largest absolute Gasteiger partial charge is 0.350 e. The van der Waals surface area contributed by atoms with E-state index in [0.29, 0.717) is 30.9 Å². The van der Waals surface area contributed by atoms with E-state index in [9.17, 15) is 14.0 Å². The van der Waals surface area contributed by atoms with Gasteiger partial charge in [0.2, 0.25) is 0 Å². The number of hydrogen-bond donors (Lipinski definition) is 2. The minimum absolute atomic E-state index is 0.0731. The highest BCUT2D eigenvalue weighted by molar-refractivity contribution is 5.97. The Morgan fingerprint density at radius 1 is 1.06 bits per heavy atom. The molecule has 9 heteroatoms. The van der Waals surface area contributed by atoms with Crippen LogP contribution in [0, 0.1) is 5.82 Å². The Morgan fingerprint density at radius 2 is 1.76 bits per heavy atom. The molecule has 2 N–H and O–H groups in total. The first-order valence-corrected chi connectivity index (χ1v) is 11.1. The third-order valence-corrected chi connectivity index (χ3v) is 5.78. The Kier molecular flexibility index (Phi) is 6.60. The van der Waals surface area contributed by atoms with E-state index in [2.05, 4.69) is 15.5 Å². The number of aryl methyl sites for hydroxylation is 1. The molecule has 1 aliphatic heterocycles. The van der Waals surface area contributed by atoms with Crippen LogP contribution in [0.4, 0.5) is 14.9 Å². The molecule has 0 bridgehead atoms. The number of fused-ring (bicyclic) bond motifs is 1. The first-order valence-electron chi connectivity index (χ1n) is 11.1. The van der Waals surface area contributed by atoms with Crippen molar-refractivity contribution in [2.24, 2.45) is 7.05 Å². The Morgan fingerprint density at radius 3 is 2.42 bits per heavy atom. The Bertz CT molecular complexity index is 1150. The number of carbonyl (C=O) groups excluding carboxylic acids is 2. The van der Waals surface area contributed by atoms with E-state index in [1.54, 1.807) is 17.0 Å². The number of amides is 3. The average molecular weight is 453 g/mol. The summed E-state index contributed by atoms with van der Waals surface area (Å²) in [6, 6.07) is 11.2. The number of piperazine rings is 1. The lowest BCUT2D eigenvalue weighted by Gasteiger charge is -2.34. The van der Waals surface area contributed by atoms with Crippen molar-refractivity contribution in [1.82, 2.24) is 24.7 Å². The van der Waals surface area contributed by atoms with E-state index >= 15 is 0 Å². The van der Waals surface area contributed by atoms with Crippen LogP contribution < -0.4 is 10.6 Å².